The van der Waals surface area contributed by atoms with Gasteiger partial charge in [-0.1, -0.05) is 30.3 Å². The lowest BCUT2D eigenvalue weighted by molar-refractivity contribution is -0.152. The van der Waals surface area contributed by atoms with Crippen LogP contribution in [0, 0.1) is 5.92 Å². The molecule has 0 amide bonds. The molecule has 2 aromatic rings. The van der Waals surface area contributed by atoms with Crippen molar-refractivity contribution in [2.24, 2.45) is 5.92 Å². The number of benzene rings is 1. The molecule has 3 rings (SSSR count). The van der Waals surface area contributed by atoms with Crippen molar-refractivity contribution in [1.29, 1.82) is 0 Å². The van der Waals surface area contributed by atoms with Crippen molar-refractivity contribution in [1.82, 2.24) is 10.3 Å². The first-order valence-corrected chi connectivity index (χ1v) is 12.2. The zero-order valence-electron chi connectivity index (χ0n) is 20.0. The zero-order chi connectivity index (χ0) is 24.9. The first-order valence-electron chi connectivity index (χ1n) is 11.3. The minimum absolute atomic E-state index is 0.168. The van der Waals surface area contributed by atoms with Crippen LogP contribution in [0.25, 0.3) is 0 Å². The number of nitrogens with zero attached hydrogens (tertiary/aromatic N) is 1. The molecule has 0 saturated carbocycles. The van der Waals surface area contributed by atoms with Crippen molar-refractivity contribution in [2.75, 3.05) is 19.8 Å². The van der Waals surface area contributed by atoms with E-state index in [2.05, 4.69) is 10.3 Å². The maximum atomic E-state index is 13.5. The third-order valence-corrected chi connectivity index (χ3v) is 6.82. The van der Waals surface area contributed by atoms with Crippen LogP contribution in [0.4, 0.5) is 0 Å². The second-order valence-corrected chi connectivity index (χ2v) is 8.82. The number of carbonyl (C=O) groups is 3. The highest BCUT2D eigenvalue weighted by molar-refractivity contribution is 7.10. The second-order valence-electron chi connectivity index (χ2n) is 7.96. The van der Waals surface area contributed by atoms with E-state index in [0.717, 1.165) is 5.56 Å². The molecule has 9 heteroatoms. The van der Waals surface area contributed by atoms with E-state index in [0.29, 0.717) is 16.3 Å². The Morgan fingerprint density at radius 3 is 2.24 bits per heavy atom. The molecule has 0 fully saturated rings. The molecule has 0 bridgehead atoms. The van der Waals surface area contributed by atoms with Crippen LogP contribution in [0.1, 0.15) is 61.6 Å². The van der Waals surface area contributed by atoms with Gasteiger partial charge in [0.1, 0.15) is 10.5 Å². The predicted molar refractivity (Wildman–Crippen MR) is 127 cm³/mol. The Labute approximate surface area is 203 Å². The standard InChI is InChI=1S/C25H30N2O6S/c1-6-31-21(28)17-14-34-24(26-17)25(5)20(23(30)33-8-3)19(16-12-10-9-11-13-16)18(15(4)27-25)22(29)32-7-2/h9-14,19-20,27H,6-8H2,1-5H3. The van der Waals surface area contributed by atoms with E-state index >= 15 is 0 Å². The largest absolute Gasteiger partial charge is 0.466 e. The molecule has 0 aliphatic carbocycles. The molecular formula is C25H30N2O6S. The van der Waals surface area contributed by atoms with Crippen molar-refractivity contribution >= 4 is 29.2 Å². The highest BCUT2D eigenvalue weighted by atomic mass is 32.1. The summed E-state index contributed by atoms with van der Waals surface area (Å²) in [5, 5.41) is 5.47. The first-order chi connectivity index (χ1) is 16.3. The van der Waals surface area contributed by atoms with Crippen molar-refractivity contribution < 1.29 is 28.6 Å². The highest BCUT2D eigenvalue weighted by Crippen LogP contribution is 2.49. The second kappa shape index (κ2) is 10.8. The number of allylic oxidation sites excluding steroid dienone is 1. The van der Waals surface area contributed by atoms with Gasteiger partial charge in [0, 0.05) is 17.0 Å². The van der Waals surface area contributed by atoms with Crippen LogP contribution in [-0.2, 0) is 29.3 Å². The van der Waals surface area contributed by atoms with Gasteiger partial charge in [0.2, 0.25) is 0 Å². The van der Waals surface area contributed by atoms with Crippen molar-refractivity contribution in [3.05, 3.63) is 63.2 Å². The monoisotopic (exact) mass is 486 g/mol. The molecule has 1 N–H and O–H groups in total. The normalized spacial score (nSPS) is 22.0. The minimum Gasteiger partial charge on any atom is -0.466 e. The lowest BCUT2D eigenvalue weighted by Crippen LogP contribution is -2.55. The van der Waals surface area contributed by atoms with Crippen LogP contribution in [0.3, 0.4) is 0 Å². The Kier molecular flexibility index (Phi) is 8.09. The van der Waals surface area contributed by atoms with Crippen LogP contribution >= 0.6 is 11.3 Å². The van der Waals surface area contributed by atoms with Gasteiger partial charge in [0.05, 0.1) is 31.3 Å². The van der Waals surface area contributed by atoms with Crippen molar-refractivity contribution in [3.8, 4) is 0 Å². The number of rotatable bonds is 8. The molecule has 3 atom stereocenters. The molecule has 2 heterocycles. The van der Waals surface area contributed by atoms with E-state index in [-0.39, 0.29) is 25.5 Å². The number of esters is 3. The topological polar surface area (TPSA) is 104 Å². The fraction of sp³-hybridized carbons (Fsp3) is 0.440. The third-order valence-electron chi connectivity index (χ3n) is 5.75. The summed E-state index contributed by atoms with van der Waals surface area (Å²) in [7, 11) is 0. The molecule has 3 unspecified atom stereocenters. The summed E-state index contributed by atoms with van der Waals surface area (Å²) in [4.78, 5) is 43.4. The van der Waals surface area contributed by atoms with Gasteiger partial charge in [-0.2, -0.15) is 0 Å². The van der Waals surface area contributed by atoms with Crippen LogP contribution < -0.4 is 5.32 Å². The molecule has 1 aliphatic rings. The number of nitrogens with one attached hydrogen (secondary N) is 1. The summed E-state index contributed by atoms with van der Waals surface area (Å²) in [5.74, 6) is -3.02. The minimum atomic E-state index is -1.07. The van der Waals surface area contributed by atoms with Gasteiger partial charge in [0.25, 0.3) is 0 Å². The van der Waals surface area contributed by atoms with Gasteiger partial charge in [-0.3, -0.25) is 4.79 Å². The molecule has 1 aliphatic heterocycles. The summed E-state index contributed by atoms with van der Waals surface area (Å²) < 4.78 is 15.9. The van der Waals surface area contributed by atoms with Gasteiger partial charge in [-0.25, -0.2) is 14.6 Å². The van der Waals surface area contributed by atoms with Gasteiger partial charge >= 0.3 is 17.9 Å². The summed E-state index contributed by atoms with van der Waals surface area (Å²) >= 11 is 1.25. The lowest BCUT2D eigenvalue weighted by atomic mass is 9.67. The fourth-order valence-corrected chi connectivity index (χ4v) is 5.32. The van der Waals surface area contributed by atoms with E-state index in [1.807, 2.05) is 37.3 Å². The Bertz CT molecular complexity index is 1080. The first kappa shape index (κ1) is 25.4. The van der Waals surface area contributed by atoms with Crippen LogP contribution in [0.2, 0.25) is 0 Å². The summed E-state index contributed by atoms with van der Waals surface area (Å²) in [5.41, 5.74) is 0.816. The molecule has 1 aromatic carbocycles. The molecular weight excluding hydrogens is 456 g/mol. The number of aromatic nitrogens is 1. The fourth-order valence-electron chi connectivity index (χ4n) is 4.38. The van der Waals surface area contributed by atoms with Crippen molar-refractivity contribution in [2.45, 2.75) is 46.1 Å². The Morgan fingerprint density at radius 2 is 1.62 bits per heavy atom. The average molecular weight is 487 g/mol. The number of thiazole rings is 1. The van der Waals surface area contributed by atoms with E-state index in [9.17, 15) is 14.4 Å². The molecule has 0 spiro atoms. The molecule has 182 valence electrons. The number of carbonyl (C=O) groups excluding carboxylic acids is 3. The SMILES string of the molecule is CCOC(=O)C1=C(C)NC(C)(c2nc(C(=O)OCC)cs2)C(C(=O)OCC)C1c1ccccc1. The summed E-state index contributed by atoms with van der Waals surface area (Å²) in [6.07, 6.45) is 0. The van der Waals surface area contributed by atoms with E-state index in [4.69, 9.17) is 14.2 Å². The smallest absolute Gasteiger partial charge is 0.357 e. The molecule has 34 heavy (non-hydrogen) atoms. The maximum absolute atomic E-state index is 13.5. The van der Waals surface area contributed by atoms with Gasteiger partial charge in [-0.15, -0.1) is 11.3 Å². The molecule has 0 saturated heterocycles. The van der Waals surface area contributed by atoms with E-state index < -0.39 is 35.3 Å². The quantitative estimate of drug-likeness (QED) is 0.442. The lowest BCUT2D eigenvalue weighted by Gasteiger charge is -2.45. The van der Waals surface area contributed by atoms with E-state index in [1.165, 1.54) is 11.3 Å². The number of hydrogen-bond acceptors (Lipinski definition) is 9. The third kappa shape index (κ3) is 4.84. The van der Waals surface area contributed by atoms with E-state index in [1.54, 1.807) is 33.1 Å². The van der Waals surface area contributed by atoms with Crippen LogP contribution in [0.15, 0.2) is 47.0 Å². The predicted octanol–water partition coefficient (Wildman–Crippen LogP) is 3.94. The van der Waals surface area contributed by atoms with Crippen molar-refractivity contribution in [3.63, 3.8) is 0 Å². The molecule has 1 aromatic heterocycles. The summed E-state index contributed by atoms with van der Waals surface area (Å²) in [6.45, 7) is 9.42. The van der Waals surface area contributed by atoms with Crippen LogP contribution in [-0.4, -0.2) is 42.7 Å². The Balaban J connectivity index is 2.23. The average Bonchev–Trinajstić information content (AvgIpc) is 3.31. The van der Waals surface area contributed by atoms with Gasteiger partial charge in [-0.05, 0) is 40.2 Å². The van der Waals surface area contributed by atoms with Crippen LogP contribution in [0.5, 0.6) is 0 Å². The molecule has 8 nitrogen and oxygen atoms in total. The Hall–Kier alpha value is -3.20. The maximum Gasteiger partial charge on any atom is 0.357 e. The summed E-state index contributed by atoms with van der Waals surface area (Å²) in [6, 6.07) is 9.34. The zero-order valence-corrected chi connectivity index (χ0v) is 20.9. The highest BCUT2D eigenvalue weighted by Gasteiger charge is 2.54. The van der Waals surface area contributed by atoms with Gasteiger partial charge < -0.3 is 19.5 Å². The van der Waals surface area contributed by atoms with Gasteiger partial charge in [0.15, 0.2) is 5.69 Å². The number of hydrogen-bond donors (Lipinski definition) is 1. The molecule has 0 radical (unpaired) electrons. The number of ether oxygens (including phenoxy) is 3. The Morgan fingerprint density at radius 1 is 1.00 bits per heavy atom.